The molecule has 1 saturated carbocycles. The summed E-state index contributed by atoms with van der Waals surface area (Å²) >= 11 is 0. The van der Waals surface area contributed by atoms with E-state index in [9.17, 15) is 8.42 Å². The molecule has 0 amide bonds. The van der Waals surface area contributed by atoms with Gasteiger partial charge in [0.2, 0.25) is 0 Å². The third kappa shape index (κ3) is 3.72. The molecule has 2 fully saturated rings. The summed E-state index contributed by atoms with van der Waals surface area (Å²) in [6, 6.07) is 0. The molecule has 0 bridgehead atoms. The maximum Gasteiger partial charge on any atom is 0.279 e. The maximum atomic E-state index is 12.6. The number of nitrogens with zero attached hydrogens (tertiary/aromatic N) is 1. The Morgan fingerprint density at radius 1 is 1.25 bits per heavy atom. The van der Waals surface area contributed by atoms with Crippen molar-refractivity contribution in [1.82, 2.24) is 14.3 Å². The first-order valence-corrected chi connectivity index (χ1v) is 9.45. The van der Waals surface area contributed by atoms with E-state index in [1.54, 1.807) is 4.31 Å². The zero-order chi connectivity index (χ0) is 14.6. The number of piperidine rings is 1. The van der Waals surface area contributed by atoms with Gasteiger partial charge < -0.3 is 5.32 Å². The Morgan fingerprint density at radius 2 is 2.00 bits per heavy atom. The molecule has 0 spiro atoms. The fourth-order valence-electron chi connectivity index (χ4n) is 3.23. The van der Waals surface area contributed by atoms with E-state index in [0.29, 0.717) is 19.0 Å². The van der Waals surface area contributed by atoms with Crippen LogP contribution in [-0.2, 0) is 10.2 Å². The maximum absolute atomic E-state index is 12.6. The van der Waals surface area contributed by atoms with E-state index < -0.39 is 10.2 Å². The second-order valence-corrected chi connectivity index (χ2v) is 7.94. The minimum atomic E-state index is -3.32. The van der Waals surface area contributed by atoms with Gasteiger partial charge >= 0.3 is 0 Å². The van der Waals surface area contributed by atoms with Gasteiger partial charge in [0.05, 0.1) is 0 Å². The quantitative estimate of drug-likeness (QED) is 0.749. The van der Waals surface area contributed by atoms with E-state index in [-0.39, 0.29) is 5.54 Å². The predicted octanol–water partition coefficient (Wildman–Crippen LogP) is 1.47. The number of hydrogen-bond donors (Lipinski definition) is 2. The molecular formula is C14H29N3O2S. The van der Waals surface area contributed by atoms with Crippen molar-refractivity contribution < 1.29 is 8.42 Å². The van der Waals surface area contributed by atoms with E-state index >= 15 is 0 Å². The van der Waals surface area contributed by atoms with Gasteiger partial charge in [-0.05, 0) is 57.5 Å². The summed E-state index contributed by atoms with van der Waals surface area (Å²) in [5, 5.41) is 3.33. The summed E-state index contributed by atoms with van der Waals surface area (Å²) < 4.78 is 29.8. The zero-order valence-corrected chi connectivity index (χ0v) is 13.6. The van der Waals surface area contributed by atoms with Crippen molar-refractivity contribution in [2.45, 2.75) is 57.9 Å². The van der Waals surface area contributed by atoms with Gasteiger partial charge in [0, 0.05) is 18.6 Å². The van der Waals surface area contributed by atoms with Crippen LogP contribution in [0.3, 0.4) is 0 Å². The molecule has 2 N–H and O–H groups in total. The largest absolute Gasteiger partial charge is 0.317 e. The third-order valence-corrected chi connectivity index (χ3v) is 6.54. The van der Waals surface area contributed by atoms with E-state index in [0.717, 1.165) is 51.6 Å². The van der Waals surface area contributed by atoms with Gasteiger partial charge in [0.25, 0.3) is 10.2 Å². The van der Waals surface area contributed by atoms with E-state index in [1.165, 1.54) is 0 Å². The monoisotopic (exact) mass is 303 g/mol. The molecule has 1 unspecified atom stereocenters. The highest BCUT2D eigenvalue weighted by Crippen LogP contribution is 2.35. The van der Waals surface area contributed by atoms with Gasteiger partial charge in [-0.2, -0.15) is 17.4 Å². The van der Waals surface area contributed by atoms with Crippen molar-refractivity contribution in [3.8, 4) is 0 Å². The smallest absolute Gasteiger partial charge is 0.279 e. The van der Waals surface area contributed by atoms with Crippen LogP contribution in [0.15, 0.2) is 0 Å². The second-order valence-electron chi connectivity index (χ2n) is 6.27. The summed E-state index contributed by atoms with van der Waals surface area (Å²) in [7, 11) is -3.32. The lowest BCUT2D eigenvalue weighted by Crippen LogP contribution is -2.58. The fraction of sp³-hybridized carbons (Fsp3) is 1.00. The average Bonchev–Trinajstić information content (AvgIpc) is 2.41. The van der Waals surface area contributed by atoms with Gasteiger partial charge in [0.15, 0.2) is 0 Å². The number of nitrogens with one attached hydrogen (secondary N) is 2. The van der Waals surface area contributed by atoms with Crippen LogP contribution in [0.1, 0.15) is 52.4 Å². The summed E-state index contributed by atoms with van der Waals surface area (Å²) in [5.41, 5.74) is -0.159. The van der Waals surface area contributed by atoms with Crippen molar-refractivity contribution in [1.29, 1.82) is 0 Å². The molecule has 6 heteroatoms. The normalized spacial score (nSPS) is 27.2. The molecule has 118 valence electrons. The summed E-state index contributed by atoms with van der Waals surface area (Å²) in [5.74, 6) is 0.444. The molecule has 1 saturated heterocycles. The Morgan fingerprint density at radius 3 is 2.55 bits per heavy atom. The molecule has 0 aromatic rings. The topological polar surface area (TPSA) is 61.4 Å². The molecule has 0 aromatic heterocycles. The van der Waals surface area contributed by atoms with E-state index in [4.69, 9.17) is 0 Å². The molecule has 1 aliphatic carbocycles. The first-order chi connectivity index (χ1) is 9.51. The van der Waals surface area contributed by atoms with Crippen LogP contribution < -0.4 is 10.0 Å². The third-order valence-electron chi connectivity index (χ3n) is 4.84. The lowest BCUT2D eigenvalue weighted by atomic mass is 9.76. The highest BCUT2D eigenvalue weighted by atomic mass is 32.2. The molecule has 0 aromatic carbocycles. The molecule has 1 heterocycles. The molecule has 2 aliphatic rings. The zero-order valence-electron chi connectivity index (χ0n) is 12.8. The SMILES string of the molecule is CCNCC1CCCN(S(=O)(=O)NC2(CC)CCC2)C1. The standard InChI is InChI=1S/C14H29N3O2S/c1-3-14(8-6-9-14)16-20(18,19)17-10-5-7-13(12-17)11-15-4-2/h13,15-16H,3-12H2,1-2H3. The summed E-state index contributed by atoms with van der Waals surface area (Å²) in [6.45, 7) is 7.34. The predicted molar refractivity (Wildman–Crippen MR) is 81.8 cm³/mol. The fourth-order valence-corrected chi connectivity index (χ4v) is 5.03. The van der Waals surface area contributed by atoms with Crippen LogP contribution >= 0.6 is 0 Å². The Kier molecular flexibility index (Phi) is 5.45. The van der Waals surface area contributed by atoms with E-state index in [2.05, 4.69) is 23.9 Å². The van der Waals surface area contributed by atoms with Crippen molar-refractivity contribution in [3.05, 3.63) is 0 Å². The van der Waals surface area contributed by atoms with Gasteiger partial charge in [0.1, 0.15) is 0 Å². The lowest BCUT2D eigenvalue weighted by molar-refractivity contribution is 0.199. The van der Waals surface area contributed by atoms with Crippen LogP contribution in [0.4, 0.5) is 0 Å². The first-order valence-electron chi connectivity index (χ1n) is 8.01. The van der Waals surface area contributed by atoms with Crippen molar-refractivity contribution >= 4 is 10.2 Å². The van der Waals surface area contributed by atoms with Crippen LogP contribution in [0.2, 0.25) is 0 Å². The highest BCUT2D eigenvalue weighted by Gasteiger charge is 2.41. The number of hydrogen-bond acceptors (Lipinski definition) is 3. The summed E-state index contributed by atoms with van der Waals surface area (Å²) in [6.07, 6.45) is 6.09. The van der Waals surface area contributed by atoms with Crippen LogP contribution in [-0.4, -0.2) is 44.4 Å². The summed E-state index contributed by atoms with van der Waals surface area (Å²) in [4.78, 5) is 0. The van der Waals surface area contributed by atoms with Gasteiger partial charge in [-0.25, -0.2) is 0 Å². The average molecular weight is 303 g/mol. The van der Waals surface area contributed by atoms with Gasteiger partial charge in [-0.15, -0.1) is 0 Å². The van der Waals surface area contributed by atoms with Crippen LogP contribution in [0.5, 0.6) is 0 Å². The van der Waals surface area contributed by atoms with Crippen LogP contribution in [0.25, 0.3) is 0 Å². The Hall–Kier alpha value is -0.170. The minimum Gasteiger partial charge on any atom is -0.317 e. The minimum absolute atomic E-state index is 0.159. The molecule has 0 radical (unpaired) electrons. The Labute approximate surface area is 123 Å². The highest BCUT2D eigenvalue weighted by molar-refractivity contribution is 7.87. The Balaban J connectivity index is 1.94. The van der Waals surface area contributed by atoms with Gasteiger partial charge in [-0.1, -0.05) is 13.8 Å². The van der Waals surface area contributed by atoms with Crippen molar-refractivity contribution in [3.63, 3.8) is 0 Å². The van der Waals surface area contributed by atoms with Gasteiger partial charge in [-0.3, -0.25) is 0 Å². The van der Waals surface area contributed by atoms with Crippen LogP contribution in [0, 0.1) is 5.92 Å². The molecular weight excluding hydrogens is 274 g/mol. The molecule has 20 heavy (non-hydrogen) atoms. The van der Waals surface area contributed by atoms with E-state index in [1.807, 2.05) is 0 Å². The molecule has 2 rings (SSSR count). The molecule has 1 aliphatic heterocycles. The second kappa shape index (κ2) is 6.73. The van der Waals surface area contributed by atoms with Crippen molar-refractivity contribution in [2.75, 3.05) is 26.2 Å². The Bertz CT molecular complexity index is 401. The lowest BCUT2D eigenvalue weighted by Gasteiger charge is -2.43. The first kappa shape index (κ1) is 16.2. The molecule has 1 atom stereocenters. The molecule has 5 nitrogen and oxygen atoms in total. The van der Waals surface area contributed by atoms with Crippen molar-refractivity contribution in [2.24, 2.45) is 5.92 Å². The number of rotatable bonds is 7.